The molecule has 0 fully saturated rings. The molecule has 0 aliphatic rings. The molecule has 0 aliphatic carbocycles. The largest absolute Gasteiger partial charge is 0.399 e. The summed E-state index contributed by atoms with van der Waals surface area (Å²) in [6.07, 6.45) is -0.387. The first-order valence-corrected chi connectivity index (χ1v) is 5.88. The molecule has 0 aliphatic heterocycles. The van der Waals surface area contributed by atoms with Crippen LogP contribution in [0.5, 0.6) is 0 Å². The fraction of sp³-hybridized carbons (Fsp3) is 0.0714. The second-order valence-corrected chi connectivity index (χ2v) is 4.45. The second kappa shape index (κ2) is 5.36. The van der Waals surface area contributed by atoms with Crippen LogP contribution in [-0.4, -0.2) is 5.78 Å². The molecule has 0 bridgehead atoms. The lowest BCUT2D eigenvalue weighted by atomic mass is 10.0. The summed E-state index contributed by atoms with van der Waals surface area (Å²) in [6.45, 7) is 0. The molecular weight excluding hydrogens is 272 g/mol. The molecule has 0 saturated carbocycles. The third-order valence-electron chi connectivity index (χ3n) is 2.69. The Hall–Kier alpha value is -1.94. The molecule has 5 heteroatoms. The van der Waals surface area contributed by atoms with Gasteiger partial charge in [-0.05, 0) is 30.3 Å². The Balaban J connectivity index is 2.31. The summed E-state index contributed by atoms with van der Waals surface area (Å²) >= 11 is 5.88. The predicted octanol–water partition coefficient (Wildman–Crippen LogP) is 3.63. The Morgan fingerprint density at radius 2 is 1.79 bits per heavy atom. The van der Waals surface area contributed by atoms with Crippen molar-refractivity contribution in [2.45, 2.75) is 6.42 Å². The number of rotatable bonds is 3. The number of hydrogen-bond donors (Lipinski definition) is 1. The highest BCUT2D eigenvalue weighted by atomic mass is 35.5. The molecule has 2 aromatic rings. The molecule has 0 aromatic heterocycles. The number of nitrogens with two attached hydrogens (primary N) is 1. The summed E-state index contributed by atoms with van der Waals surface area (Å²) in [5.74, 6) is -1.96. The van der Waals surface area contributed by atoms with Gasteiger partial charge in [0.15, 0.2) is 5.78 Å². The van der Waals surface area contributed by atoms with E-state index in [9.17, 15) is 13.6 Å². The number of ketones is 1. The maximum atomic E-state index is 13.4. The van der Waals surface area contributed by atoms with Crippen molar-refractivity contribution in [2.24, 2.45) is 0 Å². The minimum absolute atomic E-state index is 0.168. The number of nitrogen functional groups attached to an aromatic ring is 1. The van der Waals surface area contributed by atoms with E-state index >= 15 is 0 Å². The third kappa shape index (κ3) is 2.90. The van der Waals surface area contributed by atoms with Gasteiger partial charge in [-0.1, -0.05) is 17.7 Å². The highest BCUT2D eigenvalue weighted by molar-refractivity contribution is 6.34. The van der Waals surface area contributed by atoms with E-state index < -0.39 is 17.4 Å². The van der Waals surface area contributed by atoms with Gasteiger partial charge in [0, 0.05) is 23.2 Å². The maximum absolute atomic E-state index is 13.4. The lowest BCUT2D eigenvalue weighted by Gasteiger charge is -2.06. The quantitative estimate of drug-likeness (QED) is 0.690. The minimum atomic E-state index is -0.750. The molecule has 2 aromatic carbocycles. The maximum Gasteiger partial charge on any atom is 0.168 e. The van der Waals surface area contributed by atoms with Crippen LogP contribution in [0, 0.1) is 11.6 Å². The van der Waals surface area contributed by atoms with Crippen LogP contribution in [0.15, 0.2) is 36.4 Å². The van der Waals surface area contributed by atoms with Crippen LogP contribution < -0.4 is 5.73 Å². The van der Waals surface area contributed by atoms with Crippen LogP contribution in [0.2, 0.25) is 5.02 Å². The van der Waals surface area contributed by atoms with Gasteiger partial charge in [0.05, 0.1) is 5.02 Å². The van der Waals surface area contributed by atoms with E-state index in [4.69, 9.17) is 17.3 Å². The summed E-state index contributed by atoms with van der Waals surface area (Å²) in [4.78, 5) is 12.0. The van der Waals surface area contributed by atoms with Gasteiger partial charge in [-0.2, -0.15) is 0 Å². The highest BCUT2D eigenvalue weighted by Gasteiger charge is 2.16. The van der Waals surface area contributed by atoms with E-state index in [-0.39, 0.29) is 22.6 Å². The van der Waals surface area contributed by atoms with Gasteiger partial charge < -0.3 is 5.73 Å². The van der Waals surface area contributed by atoms with E-state index in [2.05, 4.69) is 0 Å². The first-order chi connectivity index (χ1) is 8.99. The van der Waals surface area contributed by atoms with Crippen LogP contribution in [0.4, 0.5) is 14.5 Å². The molecule has 0 saturated heterocycles. The van der Waals surface area contributed by atoms with E-state index in [0.717, 1.165) is 12.1 Å². The lowest BCUT2D eigenvalue weighted by Crippen LogP contribution is -2.08. The molecule has 0 atom stereocenters. The van der Waals surface area contributed by atoms with Crippen LogP contribution in [-0.2, 0) is 6.42 Å². The fourth-order valence-electron chi connectivity index (χ4n) is 1.71. The Morgan fingerprint density at radius 3 is 2.37 bits per heavy atom. The number of Topliss-reactive ketones (excluding diaryl/α,β-unsaturated/α-hetero) is 1. The monoisotopic (exact) mass is 281 g/mol. The van der Waals surface area contributed by atoms with Crippen molar-refractivity contribution < 1.29 is 13.6 Å². The molecule has 19 heavy (non-hydrogen) atoms. The van der Waals surface area contributed by atoms with Crippen molar-refractivity contribution in [1.29, 1.82) is 0 Å². The van der Waals surface area contributed by atoms with Crippen molar-refractivity contribution in [1.82, 2.24) is 0 Å². The molecular formula is C14H10ClF2NO. The smallest absolute Gasteiger partial charge is 0.168 e. The lowest BCUT2D eigenvalue weighted by molar-refractivity contribution is 0.0990. The van der Waals surface area contributed by atoms with Gasteiger partial charge in [0.2, 0.25) is 0 Å². The summed E-state index contributed by atoms with van der Waals surface area (Å²) in [6, 6.07) is 7.84. The first kappa shape index (κ1) is 13.5. The Bertz CT molecular complexity index is 623. The van der Waals surface area contributed by atoms with Crippen molar-refractivity contribution in [2.75, 3.05) is 5.73 Å². The van der Waals surface area contributed by atoms with Crippen molar-refractivity contribution >= 4 is 23.1 Å². The number of anilines is 1. The molecule has 2 rings (SSSR count). The van der Waals surface area contributed by atoms with Crippen molar-refractivity contribution in [3.05, 3.63) is 64.2 Å². The van der Waals surface area contributed by atoms with Crippen LogP contribution in [0.25, 0.3) is 0 Å². The van der Waals surface area contributed by atoms with Crippen LogP contribution >= 0.6 is 11.6 Å². The predicted molar refractivity (Wildman–Crippen MR) is 70.3 cm³/mol. The zero-order valence-electron chi connectivity index (χ0n) is 9.79. The average Bonchev–Trinajstić information content (AvgIpc) is 2.33. The van der Waals surface area contributed by atoms with E-state index in [1.165, 1.54) is 24.3 Å². The Labute approximate surface area is 113 Å². The van der Waals surface area contributed by atoms with Crippen LogP contribution in [0.3, 0.4) is 0 Å². The summed E-state index contributed by atoms with van der Waals surface area (Å²) in [5.41, 5.74) is 5.86. The van der Waals surface area contributed by atoms with Gasteiger partial charge >= 0.3 is 0 Å². The highest BCUT2D eigenvalue weighted by Crippen LogP contribution is 2.22. The zero-order valence-corrected chi connectivity index (χ0v) is 10.5. The van der Waals surface area contributed by atoms with Gasteiger partial charge in [-0.25, -0.2) is 8.78 Å². The molecule has 2 N–H and O–H groups in total. The van der Waals surface area contributed by atoms with E-state index in [0.29, 0.717) is 5.69 Å². The molecule has 0 unspecified atom stereocenters. The van der Waals surface area contributed by atoms with Gasteiger partial charge in [-0.15, -0.1) is 0 Å². The summed E-state index contributed by atoms with van der Waals surface area (Å²) < 4.78 is 26.9. The molecule has 0 amide bonds. The standard InChI is InChI=1S/C14H10ClF2NO/c15-11-6-8(18)4-5-9(11)14(19)7-10-12(16)2-1-3-13(10)17/h1-6H,7,18H2. The number of carbonyl (C=O) groups excluding carboxylic acids is 1. The van der Waals surface area contributed by atoms with Gasteiger partial charge in [-0.3, -0.25) is 4.79 Å². The molecule has 2 nitrogen and oxygen atoms in total. The molecule has 0 heterocycles. The topological polar surface area (TPSA) is 43.1 Å². The molecule has 0 spiro atoms. The number of halogens is 3. The number of carbonyl (C=O) groups is 1. The molecule has 0 radical (unpaired) electrons. The van der Waals surface area contributed by atoms with Crippen molar-refractivity contribution in [3.63, 3.8) is 0 Å². The fourth-order valence-corrected chi connectivity index (χ4v) is 2.01. The van der Waals surface area contributed by atoms with Crippen LogP contribution in [0.1, 0.15) is 15.9 Å². The third-order valence-corrected chi connectivity index (χ3v) is 3.01. The zero-order chi connectivity index (χ0) is 14.0. The SMILES string of the molecule is Nc1ccc(C(=O)Cc2c(F)cccc2F)c(Cl)c1. The second-order valence-electron chi connectivity index (χ2n) is 4.04. The summed E-state index contributed by atoms with van der Waals surface area (Å²) in [5, 5.41) is 0.168. The first-order valence-electron chi connectivity index (χ1n) is 5.50. The van der Waals surface area contributed by atoms with Crippen molar-refractivity contribution in [3.8, 4) is 0 Å². The van der Waals surface area contributed by atoms with E-state index in [1.807, 2.05) is 0 Å². The number of benzene rings is 2. The van der Waals surface area contributed by atoms with Gasteiger partial charge in [0.25, 0.3) is 0 Å². The van der Waals surface area contributed by atoms with E-state index in [1.54, 1.807) is 0 Å². The Kier molecular flexibility index (Phi) is 3.81. The minimum Gasteiger partial charge on any atom is -0.399 e. The summed E-state index contributed by atoms with van der Waals surface area (Å²) in [7, 11) is 0. The normalized spacial score (nSPS) is 10.5. The molecule has 98 valence electrons. The number of hydrogen-bond acceptors (Lipinski definition) is 2. The van der Waals surface area contributed by atoms with Gasteiger partial charge in [0.1, 0.15) is 11.6 Å². The average molecular weight is 282 g/mol. The Morgan fingerprint density at radius 1 is 1.16 bits per heavy atom.